The van der Waals surface area contributed by atoms with Crippen LogP contribution in [0.5, 0.6) is 0 Å². The van der Waals surface area contributed by atoms with Gasteiger partial charge in [0, 0.05) is 23.5 Å². The number of hydrogen-bond acceptors (Lipinski definition) is 4. The minimum atomic E-state index is -0.554. The van der Waals surface area contributed by atoms with E-state index in [9.17, 15) is 0 Å². The third-order valence-corrected chi connectivity index (χ3v) is 5.04. The van der Waals surface area contributed by atoms with Crippen molar-refractivity contribution >= 4 is 23.1 Å². The number of nitrogens with zero attached hydrogens (tertiary/aromatic N) is 3. The van der Waals surface area contributed by atoms with Crippen LogP contribution in [0.2, 0.25) is 5.02 Å². The van der Waals surface area contributed by atoms with Crippen LogP contribution >= 0.6 is 11.6 Å². The van der Waals surface area contributed by atoms with Crippen LogP contribution in [-0.2, 0) is 12.1 Å². The standard InChI is InChI=1S/C19H19ClN4/c1-12-18(21)24-19(23-12)7-3-2-4-13-5-6-14(9-17(13)19)15-8-16(20)11-22-10-15/h5-6,8-11H,2-4,7H2,1H3,(H2,21,24). The molecule has 1 atom stereocenters. The molecule has 2 N–H and O–H groups in total. The first-order chi connectivity index (χ1) is 11.6. The Balaban J connectivity index is 1.89. The Morgan fingerprint density at radius 1 is 1.08 bits per heavy atom. The average molecular weight is 339 g/mol. The maximum atomic E-state index is 6.10. The summed E-state index contributed by atoms with van der Waals surface area (Å²) in [7, 11) is 0. The molecule has 1 aliphatic heterocycles. The molecule has 24 heavy (non-hydrogen) atoms. The number of halogens is 1. The molecule has 0 saturated carbocycles. The van der Waals surface area contributed by atoms with Gasteiger partial charge in [-0.2, -0.15) is 0 Å². The summed E-state index contributed by atoms with van der Waals surface area (Å²) in [5.41, 5.74) is 10.9. The quantitative estimate of drug-likeness (QED) is 0.850. The maximum absolute atomic E-state index is 6.10. The highest BCUT2D eigenvalue weighted by Gasteiger charge is 2.38. The number of aromatic nitrogens is 1. The summed E-state index contributed by atoms with van der Waals surface area (Å²) < 4.78 is 0. The van der Waals surface area contributed by atoms with Gasteiger partial charge in [-0.25, -0.2) is 4.99 Å². The summed E-state index contributed by atoms with van der Waals surface area (Å²) in [4.78, 5) is 13.8. The van der Waals surface area contributed by atoms with Crippen LogP contribution < -0.4 is 5.73 Å². The maximum Gasteiger partial charge on any atom is 0.178 e. The second kappa shape index (κ2) is 5.71. The highest BCUT2D eigenvalue weighted by Crippen LogP contribution is 2.42. The average Bonchev–Trinajstić information content (AvgIpc) is 2.76. The monoisotopic (exact) mass is 338 g/mol. The van der Waals surface area contributed by atoms with Gasteiger partial charge in [0.1, 0.15) is 5.84 Å². The molecule has 1 aliphatic carbocycles. The van der Waals surface area contributed by atoms with E-state index in [0.29, 0.717) is 10.9 Å². The minimum Gasteiger partial charge on any atom is -0.382 e. The van der Waals surface area contributed by atoms with E-state index >= 15 is 0 Å². The van der Waals surface area contributed by atoms with Crippen molar-refractivity contribution in [2.45, 2.75) is 38.3 Å². The minimum absolute atomic E-state index is 0.553. The third-order valence-electron chi connectivity index (χ3n) is 4.83. The van der Waals surface area contributed by atoms with Gasteiger partial charge >= 0.3 is 0 Å². The van der Waals surface area contributed by atoms with Crippen molar-refractivity contribution in [2.75, 3.05) is 0 Å². The van der Waals surface area contributed by atoms with Crippen molar-refractivity contribution in [2.24, 2.45) is 15.7 Å². The lowest BCUT2D eigenvalue weighted by Gasteiger charge is -2.24. The summed E-state index contributed by atoms with van der Waals surface area (Å²) in [5, 5.41) is 0.633. The number of aliphatic imine (C=N–C) groups is 2. The smallest absolute Gasteiger partial charge is 0.178 e. The molecular formula is C19H19ClN4. The SMILES string of the molecule is CC1=NC2(CCCCc3ccc(-c4cncc(Cl)c4)cc32)N=C1N. The summed E-state index contributed by atoms with van der Waals surface area (Å²) in [6.07, 6.45) is 7.67. The number of aryl methyl sites for hydroxylation is 1. The van der Waals surface area contributed by atoms with Crippen molar-refractivity contribution < 1.29 is 0 Å². The Morgan fingerprint density at radius 2 is 1.96 bits per heavy atom. The highest BCUT2D eigenvalue weighted by molar-refractivity contribution is 6.41. The van der Waals surface area contributed by atoms with Gasteiger partial charge in [0.2, 0.25) is 0 Å². The molecular weight excluding hydrogens is 320 g/mol. The number of benzene rings is 1. The van der Waals surface area contributed by atoms with Gasteiger partial charge in [-0.1, -0.05) is 23.7 Å². The molecule has 4 rings (SSSR count). The molecule has 0 fully saturated rings. The van der Waals surface area contributed by atoms with Gasteiger partial charge in [0.25, 0.3) is 0 Å². The van der Waals surface area contributed by atoms with Crippen LogP contribution in [0.25, 0.3) is 11.1 Å². The van der Waals surface area contributed by atoms with E-state index in [1.807, 2.05) is 19.2 Å². The predicted molar refractivity (Wildman–Crippen MR) is 98.6 cm³/mol. The Morgan fingerprint density at radius 3 is 2.71 bits per heavy atom. The lowest BCUT2D eigenvalue weighted by Crippen LogP contribution is -2.21. The largest absolute Gasteiger partial charge is 0.382 e. The van der Waals surface area contributed by atoms with Gasteiger partial charge in [-0.3, -0.25) is 9.98 Å². The van der Waals surface area contributed by atoms with Gasteiger partial charge in [0.15, 0.2) is 5.66 Å². The summed E-state index contributed by atoms with van der Waals surface area (Å²) >= 11 is 6.10. The predicted octanol–water partition coefficient (Wildman–Crippen LogP) is 4.11. The highest BCUT2D eigenvalue weighted by atomic mass is 35.5. The van der Waals surface area contributed by atoms with Crippen molar-refractivity contribution in [3.63, 3.8) is 0 Å². The van der Waals surface area contributed by atoms with E-state index < -0.39 is 5.66 Å². The number of rotatable bonds is 1. The molecule has 5 heteroatoms. The lowest BCUT2D eigenvalue weighted by atomic mass is 9.90. The Labute approximate surface area is 146 Å². The van der Waals surface area contributed by atoms with Crippen LogP contribution in [0.4, 0.5) is 0 Å². The summed E-state index contributed by atoms with van der Waals surface area (Å²) in [5.74, 6) is 0.553. The number of hydrogen-bond donors (Lipinski definition) is 1. The third kappa shape index (κ3) is 2.51. The van der Waals surface area contributed by atoms with E-state index in [4.69, 9.17) is 27.3 Å². The van der Waals surface area contributed by atoms with Crippen LogP contribution in [-0.4, -0.2) is 16.5 Å². The lowest BCUT2D eigenvalue weighted by molar-refractivity contribution is 0.433. The molecule has 2 heterocycles. The van der Waals surface area contributed by atoms with Crippen molar-refractivity contribution in [3.8, 4) is 11.1 Å². The van der Waals surface area contributed by atoms with Crippen LogP contribution in [0.3, 0.4) is 0 Å². The van der Waals surface area contributed by atoms with E-state index in [-0.39, 0.29) is 0 Å². The molecule has 1 unspecified atom stereocenters. The van der Waals surface area contributed by atoms with Crippen LogP contribution in [0.1, 0.15) is 37.3 Å². The van der Waals surface area contributed by atoms with Gasteiger partial charge in [-0.05, 0) is 55.9 Å². The zero-order valence-corrected chi connectivity index (χ0v) is 14.3. The first kappa shape index (κ1) is 15.3. The van der Waals surface area contributed by atoms with E-state index in [0.717, 1.165) is 48.1 Å². The van der Waals surface area contributed by atoms with Crippen molar-refractivity contribution in [1.82, 2.24) is 4.98 Å². The molecule has 4 nitrogen and oxygen atoms in total. The summed E-state index contributed by atoms with van der Waals surface area (Å²) in [6.45, 7) is 1.93. The molecule has 2 aliphatic rings. The van der Waals surface area contributed by atoms with Crippen LogP contribution in [0.15, 0.2) is 46.6 Å². The van der Waals surface area contributed by atoms with Gasteiger partial charge in [-0.15, -0.1) is 0 Å². The molecule has 0 saturated heterocycles. The van der Waals surface area contributed by atoms with Gasteiger partial charge < -0.3 is 5.73 Å². The van der Waals surface area contributed by atoms with Gasteiger partial charge in [0.05, 0.1) is 10.7 Å². The second-order valence-corrected chi connectivity index (χ2v) is 6.92. The van der Waals surface area contributed by atoms with E-state index in [1.165, 1.54) is 5.56 Å². The molecule has 1 aromatic carbocycles. The van der Waals surface area contributed by atoms with Crippen molar-refractivity contribution in [3.05, 3.63) is 52.8 Å². The number of fused-ring (bicyclic) bond motifs is 2. The Hall–Kier alpha value is -2.20. The Kier molecular flexibility index (Phi) is 3.65. The van der Waals surface area contributed by atoms with Crippen molar-refractivity contribution in [1.29, 1.82) is 0 Å². The number of amidine groups is 1. The number of nitrogens with two attached hydrogens (primary N) is 1. The molecule has 0 amide bonds. The fourth-order valence-electron chi connectivity index (χ4n) is 3.61. The normalized spacial score (nSPS) is 22.8. The molecule has 0 radical (unpaired) electrons. The molecule has 2 aromatic rings. The van der Waals surface area contributed by atoms with E-state index in [2.05, 4.69) is 23.2 Å². The molecule has 122 valence electrons. The first-order valence-electron chi connectivity index (χ1n) is 8.24. The zero-order valence-electron chi connectivity index (χ0n) is 13.6. The fourth-order valence-corrected chi connectivity index (χ4v) is 3.78. The topological polar surface area (TPSA) is 63.6 Å². The Bertz CT molecular complexity index is 851. The molecule has 0 bridgehead atoms. The first-order valence-corrected chi connectivity index (χ1v) is 8.62. The van der Waals surface area contributed by atoms with Crippen LogP contribution in [0, 0.1) is 0 Å². The second-order valence-electron chi connectivity index (χ2n) is 6.48. The number of pyridine rings is 1. The zero-order chi connectivity index (χ0) is 16.7. The molecule has 1 aromatic heterocycles. The molecule has 1 spiro atoms. The van der Waals surface area contributed by atoms with E-state index in [1.54, 1.807) is 6.20 Å². The summed E-state index contributed by atoms with van der Waals surface area (Å²) in [6, 6.07) is 8.44. The fraction of sp³-hybridized carbons (Fsp3) is 0.316.